The van der Waals surface area contributed by atoms with Crippen LogP contribution in [0.2, 0.25) is 0 Å². The van der Waals surface area contributed by atoms with Crippen molar-refractivity contribution in [3.63, 3.8) is 0 Å². The Labute approximate surface area is 122 Å². The van der Waals surface area contributed by atoms with Crippen molar-refractivity contribution in [2.24, 2.45) is 5.92 Å². The van der Waals surface area contributed by atoms with Crippen LogP contribution in [0.15, 0.2) is 6.33 Å². The summed E-state index contributed by atoms with van der Waals surface area (Å²) in [5.41, 5.74) is 1.06. The zero-order chi connectivity index (χ0) is 15.0. The minimum absolute atomic E-state index is 0.252. The molecule has 0 fully saturated rings. The Balaban J connectivity index is 2.78. The molecule has 0 aliphatic heterocycles. The van der Waals surface area contributed by atoms with Gasteiger partial charge in [0.1, 0.15) is 18.0 Å². The van der Waals surface area contributed by atoms with Gasteiger partial charge in [-0.15, -0.1) is 0 Å². The lowest BCUT2D eigenvalue weighted by atomic mass is 10.1. The summed E-state index contributed by atoms with van der Waals surface area (Å²) in [4.78, 5) is 8.66. The Kier molecular flexibility index (Phi) is 7.30. The van der Waals surface area contributed by atoms with Crippen LogP contribution in [0.25, 0.3) is 0 Å². The molecular weight excluding hydrogens is 252 g/mol. The number of nitrogens with zero attached hydrogens (tertiary/aromatic N) is 2. The van der Waals surface area contributed by atoms with E-state index in [4.69, 9.17) is 4.74 Å². The number of aromatic nitrogens is 2. The van der Waals surface area contributed by atoms with Crippen LogP contribution in [-0.2, 0) is 4.74 Å². The first-order valence-corrected chi connectivity index (χ1v) is 7.49. The van der Waals surface area contributed by atoms with Crippen LogP contribution in [0.1, 0.15) is 39.7 Å². The monoisotopic (exact) mass is 280 g/mol. The van der Waals surface area contributed by atoms with Crippen molar-refractivity contribution in [3.05, 3.63) is 11.9 Å². The van der Waals surface area contributed by atoms with E-state index in [0.717, 1.165) is 36.8 Å². The highest BCUT2D eigenvalue weighted by Crippen LogP contribution is 2.20. The van der Waals surface area contributed by atoms with Gasteiger partial charge in [-0.2, -0.15) is 0 Å². The Morgan fingerprint density at radius 3 is 2.50 bits per heavy atom. The summed E-state index contributed by atoms with van der Waals surface area (Å²) in [6.07, 6.45) is 2.68. The second kappa shape index (κ2) is 8.74. The van der Waals surface area contributed by atoms with Crippen LogP contribution in [0.5, 0.6) is 0 Å². The summed E-state index contributed by atoms with van der Waals surface area (Å²) in [6.45, 7) is 12.9. The van der Waals surface area contributed by atoms with E-state index < -0.39 is 0 Å². The topological polar surface area (TPSA) is 59.1 Å². The average Bonchev–Trinajstić information content (AvgIpc) is 2.43. The van der Waals surface area contributed by atoms with Gasteiger partial charge in [0.15, 0.2) is 0 Å². The number of rotatable bonds is 9. The van der Waals surface area contributed by atoms with Crippen molar-refractivity contribution >= 4 is 11.6 Å². The summed E-state index contributed by atoms with van der Waals surface area (Å²) in [5, 5.41) is 6.81. The standard InChI is InChI=1S/C15H28N4O/c1-6-8-16-14-12(5)15(18-10-17-14)19-13(11(3)4)9-20-7-2/h10-11,13H,6-9H2,1-5H3,(H2,16,17,18,19). The third-order valence-corrected chi connectivity index (χ3v) is 3.25. The van der Waals surface area contributed by atoms with E-state index in [1.54, 1.807) is 6.33 Å². The molecule has 20 heavy (non-hydrogen) atoms. The second-order valence-electron chi connectivity index (χ2n) is 5.28. The van der Waals surface area contributed by atoms with Gasteiger partial charge in [0, 0.05) is 18.7 Å². The molecule has 0 aliphatic carbocycles. The molecule has 5 heteroatoms. The van der Waals surface area contributed by atoms with E-state index in [-0.39, 0.29) is 6.04 Å². The molecular formula is C15H28N4O. The van der Waals surface area contributed by atoms with Crippen LogP contribution >= 0.6 is 0 Å². The van der Waals surface area contributed by atoms with Crippen LogP contribution in [-0.4, -0.2) is 35.8 Å². The molecule has 2 N–H and O–H groups in total. The van der Waals surface area contributed by atoms with Gasteiger partial charge in [0.05, 0.1) is 12.6 Å². The van der Waals surface area contributed by atoms with E-state index in [9.17, 15) is 0 Å². The minimum atomic E-state index is 0.252. The molecule has 0 amide bonds. The molecule has 0 aromatic carbocycles. The van der Waals surface area contributed by atoms with Gasteiger partial charge >= 0.3 is 0 Å². The van der Waals surface area contributed by atoms with Crippen molar-refractivity contribution in [3.8, 4) is 0 Å². The van der Waals surface area contributed by atoms with Gasteiger partial charge in [-0.25, -0.2) is 9.97 Å². The molecule has 5 nitrogen and oxygen atoms in total. The summed E-state index contributed by atoms with van der Waals surface area (Å²) in [5.74, 6) is 2.27. The van der Waals surface area contributed by atoms with Gasteiger partial charge in [-0.05, 0) is 26.2 Å². The Morgan fingerprint density at radius 2 is 1.90 bits per heavy atom. The minimum Gasteiger partial charge on any atom is -0.380 e. The molecule has 0 radical (unpaired) electrons. The molecule has 0 saturated carbocycles. The van der Waals surface area contributed by atoms with Gasteiger partial charge in [-0.1, -0.05) is 20.8 Å². The molecule has 0 saturated heterocycles. The average molecular weight is 280 g/mol. The summed E-state index contributed by atoms with van der Waals surface area (Å²) in [6, 6.07) is 0.252. The quantitative estimate of drug-likeness (QED) is 0.728. The number of hydrogen-bond acceptors (Lipinski definition) is 5. The van der Waals surface area contributed by atoms with Crippen LogP contribution < -0.4 is 10.6 Å². The summed E-state index contributed by atoms with van der Waals surface area (Å²) >= 11 is 0. The maximum Gasteiger partial charge on any atom is 0.134 e. The third kappa shape index (κ3) is 4.96. The smallest absolute Gasteiger partial charge is 0.134 e. The largest absolute Gasteiger partial charge is 0.380 e. The highest BCUT2D eigenvalue weighted by atomic mass is 16.5. The molecule has 1 atom stereocenters. The highest BCUT2D eigenvalue weighted by molar-refractivity contribution is 5.56. The molecule has 0 aliphatic rings. The Hall–Kier alpha value is -1.36. The van der Waals surface area contributed by atoms with E-state index in [1.807, 2.05) is 13.8 Å². The predicted molar refractivity (Wildman–Crippen MR) is 84.3 cm³/mol. The second-order valence-corrected chi connectivity index (χ2v) is 5.28. The first-order valence-electron chi connectivity index (χ1n) is 7.49. The Bertz CT molecular complexity index is 395. The number of hydrogen-bond donors (Lipinski definition) is 2. The van der Waals surface area contributed by atoms with Gasteiger partial charge in [0.25, 0.3) is 0 Å². The molecule has 1 aromatic rings. The fourth-order valence-electron chi connectivity index (χ4n) is 1.84. The maximum absolute atomic E-state index is 5.54. The zero-order valence-corrected chi connectivity index (χ0v) is 13.4. The summed E-state index contributed by atoms with van der Waals surface area (Å²) < 4.78 is 5.54. The number of nitrogens with one attached hydrogen (secondary N) is 2. The Morgan fingerprint density at radius 1 is 1.20 bits per heavy atom. The first-order chi connectivity index (χ1) is 9.60. The highest BCUT2D eigenvalue weighted by Gasteiger charge is 2.16. The predicted octanol–water partition coefficient (Wildman–Crippen LogP) is 3.08. The lowest BCUT2D eigenvalue weighted by molar-refractivity contribution is 0.126. The lowest BCUT2D eigenvalue weighted by Gasteiger charge is -2.24. The van der Waals surface area contributed by atoms with E-state index >= 15 is 0 Å². The van der Waals surface area contributed by atoms with Crippen molar-refractivity contribution < 1.29 is 4.74 Å². The van der Waals surface area contributed by atoms with Gasteiger partial charge in [-0.3, -0.25) is 0 Å². The van der Waals surface area contributed by atoms with Crippen molar-refractivity contribution in [1.82, 2.24) is 9.97 Å². The van der Waals surface area contributed by atoms with Crippen molar-refractivity contribution in [2.75, 3.05) is 30.4 Å². The molecule has 0 bridgehead atoms. The van der Waals surface area contributed by atoms with E-state index in [1.165, 1.54) is 0 Å². The molecule has 1 unspecified atom stereocenters. The first kappa shape index (κ1) is 16.7. The van der Waals surface area contributed by atoms with E-state index in [2.05, 4.69) is 41.4 Å². The van der Waals surface area contributed by atoms with Crippen LogP contribution in [0.4, 0.5) is 11.6 Å². The van der Waals surface area contributed by atoms with Gasteiger partial charge in [0.2, 0.25) is 0 Å². The molecule has 0 spiro atoms. The fourth-order valence-corrected chi connectivity index (χ4v) is 1.84. The van der Waals surface area contributed by atoms with Crippen molar-refractivity contribution in [1.29, 1.82) is 0 Å². The third-order valence-electron chi connectivity index (χ3n) is 3.25. The molecule has 1 heterocycles. The fraction of sp³-hybridized carbons (Fsp3) is 0.733. The SMILES string of the molecule is CCCNc1ncnc(NC(COCC)C(C)C)c1C. The number of anilines is 2. The molecule has 1 aromatic heterocycles. The van der Waals surface area contributed by atoms with Crippen LogP contribution in [0.3, 0.4) is 0 Å². The van der Waals surface area contributed by atoms with Gasteiger partial charge < -0.3 is 15.4 Å². The molecule has 1 rings (SSSR count). The van der Waals surface area contributed by atoms with Crippen LogP contribution in [0, 0.1) is 12.8 Å². The van der Waals surface area contributed by atoms with Crippen molar-refractivity contribution in [2.45, 2.75) is 47.1 Å². The molecule has 114 valence electrons. The summed E-state index contributed by atoms with van der Waals surface area (Å²) in [7, 11) is 0. The normalized spacial score (nSPS) is 12.5. The van der Waals surface area contributed by atoms with E-state index in [0.29, 0.717) is 12.5 Å². The maximum atomic E-state index is 5.54. The lowest BCUT2D eigenvalue weighted by Crippen LogP contribution is -2.31. The zero-order valence-electron chi connectivity index (χ0n) is 13.4. The number of ether oxygens (including phenoxy) is 1.